The molecule has 1 rings (SSSR count). The Hall–Kier alpha value is 0.210. The summed E-state index contributed by atoms with van der Waals surface area (Å²) in [7, 11) is 0. The molecule has 0 aromatic rings. The van der Waals surface area contributed by atoms with Gasteiger partial charge >= 0.3 is 0 Å². The van der Waals surface area contributed by atoms with Gasteiger partial charge in [-0.05, 0) is 40.5 Å². The van der Waals surface area contributed by atoms with Gasteiger partial charge in [-0.2, -0.15) is 0 Å². The molecular formula is C12H23ClO2. The Morgan fingerprint density at radius 1 is 1.47 bits per heavy atom. The first-order chi connectivity index (χ1) is 6.90. The minimum absolute atomic E-state index is 0.0593. The van der Waals surface area contributed by atoms with Crippen molar-refractivity contribution < 1.29 is 9.47 Å². The van der Waals surface area contributed by atoms with Gasteiger partial charge in [0.25, 0.3) is 0 Å². The van der Waals surface area contributed by atoms with E-state index in [4.69, 9.17) is 21.1 Å². The summed E-state index contributed by atoms with van der Waals surface area (Å²) in [4.78, 5) is 0. The Labute approximate surface area is 98.3 Å². The van der Waals surface area contributed by atoms with Crippen LogP contribution in [0.3, 0.4) is 0 Å². The summed E-state index contributed by atoms with van der Waals surface area (Å²) in [5, 5.41) is 0. The lowest BCUT2D eigenvalue weighted by Crippen LogP contribution is -2.33. The molecule has 1 aliphatic heterocycles. The van der Waals surface area contributed by atoms with E-state index in [1.165, 1.54) is 0 Å². The Bertz CT molecular complexity index is 200. The molecule has 15 heavy (non-hydrogen) atoms. The van der Waals surface area contributed by atoms with Gasteiger partial charge < -0.3 is 9.47 Å². The zero-order valence-corrected chi connectivity index (χ0v) is 11.1. The summed E-state index contributed by atoms with van der Waals surface area (Å²) in [6.07, 6.45) is 2.32. The van der Waals surface area contributed by atoms with Crippen LogP contribution in [0.1, 0.15) is 40.5 Å². The smallest absolute Gasteiger partial charge is 0.0616 e. The van der Waals surface area contributed by atoms with E-state index in [0.717, 1.165) is 26.1 Å². The van der Waals surface area contributed by atoms with Crippen molar-refractivity contribution in [2.75, 3.05) is 19.1 Å². The predicted molar refractivity (Wildman–Crippen MR) is 63.5 cm³/mol. The van der Waals surface area contributed by atoms with Crippen molar-refractivity contribution in [3.63, 3.8) is 0 Å². The first-order valence-electron chi connectivity index (χ1n) is 5.71. The highest BCUT2D eigenvalue weighted by Gasteiger charge is 2.40. The number of halogens is 1. The van der Waals surface area contributed by atoms with Crippen molar-refractivity contribution in [2.45, 2.75) is 52.2 Å². The zero-order chi connectivity index (χ0) is 11.5. The third kappa shape index (κ3) is 3.61. The van der Waals surface area contributed by atoms with Crippen LogP contribution in [-0.4, -0.2) is 30.8 Å². The van der Waals surface area contributed by atoms with E-state index in [1.54, 1.807) is 0 Å². The maximum Gasteiger partial charge on any atom is 0.0616 e. The maximum absolute atomic E-state index is 6.07. The Balaban J connectivity index is 2.41. The molecule has 0 amide bonds. The van der Waals surface area contributed by atoms with Crippen LogP contribution in [0.25, 0.3) is 0 Å². The lowest BCUT2D eigenvalue weighted by Gasteiger charge is -2.31. The summed E-state index contributed by atoms with van der Waals surface area (Å²) in [5.74, 6) is 0.668. The highest BCUT2D eigenvalue weighted by atomic mass is 35.5. The van der Waals surface area contributed by atoms with Crippen LogP contribution in [0.15, 0.2) is 0 Å². The lowest BCUT2D eigenvalue weighted by atomic mass is 9.81. The Kier molecular flexibility index (Phi) is 4.45. The third-order valence-corrected chi connectivity index (χ3v) is 3.76. The molecule has 0 N–H and O–H groups in total. The second-order valence-electron chi connectivity index (χ2n) is 5.47. The highest BCUT2D eigenvalue weighted by molar-refractivity contribution is 6.18. The number of ether oxygens (including phenoxy) is 2. The van der Waals surface area contributed by atoms with Crippen molar-refractivity contribution in [3.05, 3.63) is 0 Å². The van der Waals surface area contributed by atoms with Gasteiger partial charge in [0, 0.05) is 24.5 Å². The summed E-state index contributed by atoms with van der Waals surface area (Å²) in [6.45, 7) is 9.96. The molecular weight excluding hydrogens is 212 g/mol. The summed E-state index contributed by atoms with van der Waals surface area (Å²) in [5.41, 5.74) is 0.0724. The van der Waals surface area contributed by atoms with E-state index >= 15 is 0 Å². The van der Waals surface area contributed by atoms with Crippen molar-refractivity contribution in [1.82, 2.24) is 0 Å². The van der Waals surface area contributed by atoms with Crippen molar-refractivity contribution in [2.24, 2.45) is 5.41 Å². The summed E-state index contributed by atoms with van der Waals surface area (Å²) >= 11 is 6.07. The van der Waals surface area contributed by atoms with Crippen molar-refractivity contribution in [3.8, 4) is 0 Å². The SMILES string of the molecule is CC1OCCC1(CCl)CCOC(C)(C)C. The number of alkyl halides is 1. The number of hydrogen-bond acceptors (Lipinski definition) is 2. The van der Waals surface area contributed by atoms with Gasteiger partial charge in [0.15, 0.2) is 0 Å². The fourth-order valence-corrected chi connectivity index (χ4v) is 2.43. The standard InChI is InChI=1S/C12H23ClO2/c1-10-12(9-13,5-7-14-10)6-8-15-11(2,3)4/h10H,5-9H2,1-4H3. The average Bonchev–Trinajstić information content (AvgIpc) is 2.46. The van der Waals surface area contributed by atoms with E-state index in [9.17, 15) is 0 Å². The van der Waals surface area contributed by atoms with Crippen LogP contribution >= 0.6 is 11.6 Å². The Morgan fingerprint density at radius 2 is 2.13 bits per heavy atom. The summed E-state index contributed by atoms with van der Waals surface area (Å²) < 4.78 is 11.4. The van der Waals surface area contributed by atoms with Crippen LogP contribution < -0.4 is 0 Å². The van der Waals surface area contributed by atoms with Gasteiger partial charge in [0.1, 0.15) is 0 Å². The molecule has 2 atom stereocenters. The summed E-state index contributed by atoms with van der Waals surface area (Å²) in [6, 6.07) is 0. The van der Waals surface area contributed by atoms with Gasteiger partial charge in [-0.3, -0.25) is 0 Å². The molecule has 2 nitrogen and oxygen atoms in total. The molecule has 3 heteroatoms. The minimum Gasteiger partial charge on any atom is -0.378 e. The first kappa shape index (κ1) is 13.3. The van der Waals surface area contributed by atoms with E-state index in [2.05, 4.69) is 27.7 Å². The van der Waals surface area contributed by atoms with Crippen LogP contribution in [0.5, 0.6) is 0 Å². The third-order valence-electron chi connectivity index (χ3n) is 3.23. The molecule has 0 radical (unpaired) electrons. The van der Waals surface area contributed by atoms with Gasteiger partial charge in [-0.25, -0.2) is 0 Å². The molecule has 0 saturated carbocycles. The quantitative estimate of drug-likeness (QED) is 0.696. The van der Waals surface area contributed by atoms with E-state index in [-0.39, 0.29) is 17.1 Å². The lowest BCUT2D eigenvalue weighted by molar-refractivity contribution is -0.0258. The molecule has 0 aromatic carbocycles. The molecule has 90 valence electrons. The van der Waals surface area contributed by atoms with E-state index in [0.29, 0.717) is 5.88 Å². The monoisotopic (exact) mass is 234 g/mol. The molecule has 1 aliphatic rings. The molecule has 1 heterocycles. The van der Waals surface area contributed by atoms with Crippen LogP contribution in [-0.2, 0) is 9.47 Å². The largest absolute Gasteiger partial charge is 0.378 e. The molecule has 1 fully saturated rings. The molecule has 0 aliphatic carbocycles. The fraction of sp³-hybridized carbons (Fsp3) is 1.00. The highest BCUT2D eigenvalue weighted by Crippen LogP contribution is 2.39. The van der Waals surface area contributed by atoms with E-state index in [1.807, 2.05) is 0 Å². The molecule has 0 bridgehead atoms. The van der Waals surface area contributed by atoms with Gasteiger partial charge in [0.05, 0.1) is 11.7 Å². The van der Waals surface area contributed by atoms with Gasteiger partial charge in [-0.15, -0.1) is 11.6 Å². The van der Waals surface area contributed by atoms with Crippen LogP contribution in [0.4, 0.5) is 0 Å². The molecule has 1 saturated heterocycles. The van der Waals surface area contributed by atoms with Crippen LogP contribution in [0.2, 0.25) is 0 Å². The first-order valence-corrected chi connectivity index (χ1v) is 6.25. The topological polar surface area (TPSA) is 18.5 Å². The van der Waals surface area contributed by atoms with Crippen molar-refractivity contribution in [1.29, 1.82) is 0 Å². The van der Waals surface area contributed by atoms with Crippen molar-refractivity contribution >= 4 is 11.6 Å². The normalized spacial score (nSPS) is 32.2. The van der Waals surface area contributed by atoms with Crippen LogP contribution in [0, 0.1) is 5.41 Å². The number of rotatable bonds is 4. The minimum atomic E-state index is -0.0593. The fourth-order valence-electron chi connectivity index (χ4n) is 1.95. The maximum atomic E-state index is 6.07. The number of hydrogen-bond donors (Lipinski definition) is 0. The molecule has 0 aromatic heterocycles. The average molecular weight is 235 g/mol. The molecule has 2 unspecified atom stereocenters. The zero-order valence-electron chi connectivity index (χ0n) is 10.3. The van der Waals surface area contributed by atoms with Gasteiger partial charge in [-0.1, -0.05) is 0 Å². The Morgan fingerprint density at radius 3 is 2.53 bits per heavy atom. The molecule has 0 spiro atoms. The predicted octanol–water partition coefficient (Wildman–Crippen LogP) is 3.23. The second-order valence-corrected chi connectivity index (χ2v) is 5.74. The van der Waals surface area contributed by atoms with E-state index < -0.39 is 0 Å². The second kappa shape index (κ2) is 5.03. The van der Waals surface area contributed by atoms with Gasteiger partial charge in [0.2, 0.25) is 0 Å².